The lowest BCUT2D eigenvalue weighted by molar-refractivity contribution is -0.137. The van der Waals surface area contributed by atoms with Gasteiger partial charge in [-0.2, -0.15) is 0 Å². The quantitative estimate of drug-likeness (QED) is 0.761. The van der Waals surface area contributed by atoms with Crippen molar-refractivity contribution in [2.75, 3.05) is 31.9 Å². The zero-order chi connectivity index (χ0) is 14.6. The fourth-order valence-corrected chi connectivity index (χ4v) is 3.79. The molecule has 2 rings (SSSR count). The highest BCUT2D eigenvalue weighted by Gasteiger charge is 2.30. The Morgan fingerprint density at radius 3 is 2.55 bits per heavy atom. The molecule has 0 unspecified atom stereocenters. The Labute approximate surface area is 121 Å². The molecular formula is C13H25N3O3S. The lowest BCUT2D eigenvalue weighted by Gasteiger charge is -2.35. The molecule has 2 aliphatic rings. The highest BCUT2D eigenvalue weighted by atomic mass is 32.2. The van der Waals surface area contributed by atoms with Crippen LogP contribution < -0.4 is 10.0 Å². The normalized spacial score (nSPS) is 25.6. The van der Waals surface area contributed by atoms with Gasteiger partial charge in [0.2, 0.25) is 15.9 Å². The van der Waals surface area contributed by atoms with E-state index < -0.39 is 10.0 Å². The van der Waals surface area contributed by atoms with Crippen molar-refractivity contribution >= 4 is 15.9 Å². The summed E-state index contributed by atoms with van der Waals surface area (Å²) >= 11 is 0. The van der Waals surface area contributed by atoms with E-state index in [4.69, 9.17) is 0 Å². The second-order valence-electron chi connectivity index (χ2n) is 5.66. The van der Waals surface area contributed by atoms with Gasteiger partial charge in [0, 0.05) is 25.7 Å². The number of carbonyl (C=O) groups excluding carboxylic acids is 1. The summed E-state index contributed by atoms with van der Waals surface area (Å²) in [6.07, 6.45) is 3.45. The molecule has 0 aliphatic carbocycles. The van der Waals surface area contributed by atoms with Gasteiger partial charge in [-0.1, -0.05) is 0 Å². The van der Waals surface area contributed by atoms with Crippen molar-refractivity contribution in [3.63, 3.8) is 0 Å². The highest BCUT2D eigenvalue weighted by Crippen LogP contribution is 2.18. The molecule has 2 aliphatic heterocycles. The summed E-state index contributed by atoms with van der Waals surface area (Å²) in [6.45, 7) is 4.74. The van der Waals surface area contributed by atoms with E-state index in [0.29, 0.717) is 25.9 Å². The fraction of sp³-hybridized carbons (Fsp3) is 0.923. The summed E-state index contributed by atoms with van der Waals surface area (Å²) in [4.78, 5) is 14.2. The van der Waals surface area contributed by atoms with Crippen LogP contribution in [0, 0.1) is 5.92 Å². The lowest BCUT2D eigenvalue weighted by Crippen LogP contribution is -2.50. The second kappa shape index (κ2) is 6.87. The third kappa shape index (κ3) is 4.17. The summed E-state index contributed by atoms with van der Waals surface area (Å²) < 4.78 is 25.8. The molecule has 1 amide bonds. The van der Waals surface area contributed by atoms with Gasteiger partial charge < -0.3 is 10.2 Å². The standard InChI is InChI=1S/C13H25N3O3S/c1-2-20(18,19)15-12-5-8-16(9-6-12)13(17)11-4-3-7-14-10-11/h11-12,14-15H,2-10H2,1H3/t11-/m0/s1. The maximum absolute atomic E-state index is 12.3. The third-order valence-corrected chi connectivity index (χ3v) is 5.63. The molecule has 7 heteroatoms. The molecule has 2 N–H and O–H groups in total. The molecule has 116 valence electrons. The molecule has 0 spiro atoms. The maximum atomic E-state index is 12.3. The number of nitrogens with zero attached hydrogens (tertiary/aromatic N) is 1. The number of piperidine rings is 2. The van der Waals surface area contributed by atoms with E-state index in [1.165, 1.54) is 0 Å². The number of nitrogens with one attached hydrogen (secondary N) is 2. The molecule has 0 saturated carbocycles. The Morgan fingerprint density at radius 2 is 2.00 bits per heavy atom. The zero-order valence-electron chi connectivity index (χ0n) is 12.1. The minimum absolute atomic E-state index is 0.0199. The highest BCUT2D eigenvalue weighted by molar-refractivity contribution is 7.89. The van der Waals surface area contributed by atoms with Crippen molar-refractivity contribution in [1.82, 2.24) is 14.9 Å². The topological polar surface area (TPSA) is 78.5 Å². The number of carbonyl (C=O) groups is 1. The average molecular weight is 303 g/mol. The van der Waals surface area contributed by atoms with Gasteiger partial charge in [-0.05, 0) is 39.2 Å². The van der Waals surface area contributed by atoms with Crippen molar-refractivity contribution in [2.24, 2.45) is 5.92 Å². The van der Waals surface area contributed by atoms with E-state index in [9.17, 15) is 13.2 Å². The van der Waals surface area contributed by atoms with E-state index in [2.05, 4.69) is 10.0 Å². The van der Waals surface area contributed by atoms with Gasteiger partial charge in [-0.15, -0.1) is 0 Å². The lowest BCUT2D eigenvalue weighted by atomic mass is 9.96. The van der Waals surface area contributed by atoms with Crippen LogP contribution in [0.5, 0.6) is 0 Å². The molecule has 2 fully saturated rings. The molecule has 0 aromatic rings. The summed E-state index contributed by atoms with van der Waals surface area (Å²) in [6, 6.07) is -0.0199. The van der Waals surface area contributed by atoms with Crippen molar-refractivity contribution in [3.8, 4) is 0 Å². The zero-order valence-corrected chi connectivity index (χ0v) is 12.9. The first kappa shape index (κ1) is 15.7. The summed E-state index contributed by atoms with van der Waals surface area (Å²) in [5, 5.41) is 3.26. The monoisotopic (exact) mass is 303 g/mol. The Balaban J connectivity index is 1.80. The number of likely N-dealkylation sites (tertiary alicyclic amines) is 1. The Kier molecular flexibility index (Phi) is 5.40. The van der Waals surface area contributed by atoms with E-state index in [1.807, 2.05) is 4.90 Å². The van der Waals surface area contributed by atoms with Gasteiger partial charge in [-0.25, -0.2) is 13.1 Å². The van der Waals surface area contributed by atoms with Gasteiger partial charge in [0.1, 0.15) is 0 Å². The first-order valence-electron chi connectivity index (χ1n) is 7.51. The van der Waals surface area contributed by atoms with Gasteiger partial charge in [0.15, 0.2) is 0 Å². The van der Waals surface area contributed by atoms with Crippen LogP contribution in [0.25, 0.3) is 0 Å². The molecule has 6 nitrogen and oxygen atoms in total. The van der Waals surface area contributed by atoms with Crippen LogP contribution in [0.4, 0.5) is 0 Å². The predicted octanol–water partition coefficient (Wildman–Crippen LogP) is -0.0837. The summed E-state index contributed by atoms with van der Waals surface area (Å²) in [5.74, 6) is 0.446. The molecular weight excluding hydrogens is 278 g/mol. The molecule has 20 heavy (non-hydrogen) atoms. The third-order valence-electron chi connectivity index (χ3n) is 4.18. The van der Waals surface area contributed by atoms with Gasteiger partial charge in [0.05, 0.1) is 11.7 Å². The minimum Gasteiger partial charge on any atom is -0.342 e. The number of hydrogen-bond acceptors (Lipinski definition) is 4. The molecule has 0 aromatic carbocycles. The van der Waals surface area contributed by atoms with E-state index in [1.54, 1.807) is 6.92 Å². The van der Waals surface area contributed by atoms with Crippen molar-refractivity contribution in [2.45, 2.75) is 38.6 Å². The number of hydrogen-bond donors (Lipinski definition) is 2. The van der Waals surface area contributed by atoms with Crippen LogP contribution in [0.1, 0.15) is 32.6 Å². The Morgan fingerprint density at radius 1 is 1.30 bits per heavy atom. The van der Waals surface area contributed by atoms with Crippen LogP contribution in [-0.2, 0) is 14.8 Å². The molecule has 0 radical (unpaired) electrons. The second-order valence-corrected chi connectivity index (χ2v) is 7.71. The van der Waals surface area contributed by atoms with E-state index in [-0.39, 0.29) is 23.6 Å². The number of rotatable bonds is 4. The Hall–Kier alpha value is -0.660. The van der Waals surface area contributed by atoms with Crippen LogP contribution in [0.2, 0.25) is 0 Å². The van der Waals surface area contributed by atoms with Crippen LogP contribution in [0.15, 0.2) is 0 Å². The van der Waals surface area contributed by atoms with Crippen molar-refractivity contribution < 1.29 is 13.2 Å². The minimum atomic E-state index is -3.14. The van der Waals surface area contributed by atoms with E-state index in [0.717, 1.165) is 25.9 Å². The summed E-state index contributed by atoms with van der Waals surface area (Å²) in [5.41, 5.74) is 0. The SMILES string of the molecule is CCS(=O)(=O)NC1CCN(C(=O)[C@H]2CCCNC2)CC1. The molecule has 1 atom stereocenters. The maximum Gasteiger partial charge on any atom is 0.226 e. The van der Waals surface area contributed by atoms with Gasteiger partial charge in [-0.3, -0.25) is 4.79 Å². The van der Waals surface area contributed by atoms with Gasteiger partial charge >= 0.3 is 0 Å². The molecule has 0 bridgehead atoms. The number of sulfonamides is 1. The predicted molar refractivity (Wildman–Crippen MR) is 77.8 cm³/mol. The van der Waals surface area contributed by atoms with Crippen molar-refractivity contribution in [3.05, 3.63) is 0 Å². The van der Waals surface area contributed by atoms with Crippen molar-refractivity contribution in [1.29, 1.82) is 0 Å². The Bertz CT molecular complexity index is 424. The van der Waals surface area contributed by atoms with Crippen LogP contribution in [0.3, 0.4) is 0 Å². The first-order chi connectivity index (χ1) is 9.52. The molecule has 2 heterocycles. The molecule has 2 saturated heterocycles. The average Bonchev–Trinajstić information content (AvgIpc) is 2.48. The van der Waals surface area contributed by atoms with Gasteiger partial charge in [0.25, 0.3) is 0 Å². The number of amides is 1. The van der Waals surface area contributed by atoms with E-state index >= 15 is 0 Å². The first-order valence-corrected chi connectivity index (χ1v) is 9.16. The summed E-state index contributed by atoms with van der Waals surface area (Å²) in [7, 11) is -3.14. The van der Waals surface area contributed by atoms with Crippen LogP contribution >= 0.6 is 0 Å². The van der Waals surface area contributed by atoms with Crippen LogP contribution in [-0.4, -0.2) is 57.2 Å². The smallest absolute Gasteiger partial charge is 0.226 e. The largest absolute Gasteiger partial charge is 0.342 e. The molecule has 0 aromatic heterocycles. The fourth-order valence-electron chi connectivity index (χ4n) is 2.88.